The summed E-state index contributed by atoms with van der Waals surface area (Å²) in [5, 5.41) is 1.28. The third-order valence-electron chi connectivity index (χ3n) is 4.38. The quantitative estimate of drug-likeness (QED) is 0.413. The van der Waals surface area contributed by atoms with Crippen LogP contribution in [0.15, 0.2) is 70.5 Å². The lowest BCUT2D eigenvalue weighted by atomic mass is 10.0. The predicted octanol–water partition coefficient (Wildman–Crippen LogP) is 6.77. The van der Waals surface area contributed by atoms with Crippen molar-refractivity contribution in [3.63, 3.8) is 0 Å². The highest BCUT2D eigenvalue weighted by Crippen LogP contribution is 2.43. The highest BCUT2D eigenvalue weighted by Gasteiger charge is 2.46. The Morgan fingerprint density at radius 3 is 2.14 bits per heavy atom. The first-order valence-corrected chi connectivity index (χ1v) is 13.8. The molecule has 3 aromatic rings. The Kier molecular flexibility index (Phi) is 6.03. The molecule has 154 valence electrons. The standard InChI is InChI=1S/C22H23F3O2SSi/c1-15-9-12-17(13-10-15)28(26)20-18-8-6-5-7-16(18)11-14-19(20)21(22(23,24)25)27-29(2,3)4/h5-14,21H,1-4H3/t21-,28?/m0/s1. The molecule has 0 aliphatic rings. The van der Waals surface area contributed by atoms with Gasteiger partial charge in [-0.1, -0.05) is 54.1 Å². The molecule has 0 bridgehead atoms. The van der Waals surface area contributed by atoms with Crippen molar-refractivity contribution in [1.29, 1.82) is 0 Å². The lowest BCUT2D eigenvalue weighted by molar-refractivity contribution is -0.201. The van der Waals surface area contributed by atoms with Crippen molar-refractivity contribution in [3.8, 4) is 0 Å². The molecule has 29 heavy (non-hydrogen) atoms. The van der Waals surface area contributed by atoms with Gasteiger partial charge in [0.25, 0.3) is 0 Å². The number of benzene rings is 3. The number of aryl methyl sites for hydroxylation is 1. The number of halogens is 3. The number of hydrogen-bond acceptors (Lipinski definition) is 2. The smallest absolute Gasteiger partial charge is 0.403 e. The van der Waals surface area contributed by atoms with Crippen molar-refractivity contribution in [2.75, 3.05) is 0 Å². The van der Waals surface area contributed by atoms with Crippen molar-refractivity contribution < 1.29 is 21.8 Å². The van der Waals surface area contributed by atoms with E-state index in [0.29, 0.717) is 10.3 Å². The molecule has 3 rings (SSSR count). The van der Waals surface area contributed by atoms with Crippen LogP contribution in [-0.2, 0) is 15.2 Å². The molecule has 0 amide bonds. The van der Waals surface area contributed by atoms with E-state index in [1.807, 2.05) is 6.92 Å². The first-order valence-electron chi connectivity index (χ1n) is 9.22. The molecule has 7 heteroatoms. The second kappa shape index (κ2) is 8.05. The average Bonchev–Trinajstić information content (AvgIpc) is 2.64. The van der Waals surface area contributed by atoms with Crippen LogP contribution in [0.2, 0.25) is 19.6 Å². The molecular formula is C22H23F3O2SSi. The van der Waals surface area contributed by atoms with Crippen LogP contribution < -0.4 is 0 Å². The van der Waals surface area contributed by atoms with E-state index in [-0.39, 0.29) is 10.5 Å². The minimum absolute atomic E-state index is 0.0856. The van der Waals surface area contributed by atoms with E-state index in [0.717, 1.165) is 10.9 Å². The summed E-state index contributed by atoms with van der Waals surface area (Å²) < 4.78 is 61.2. The summed E-state index contributed by atoms with van der Waals surface area (Å²) in [7, 11) is -4.33. The van der Waals surface area contributed by atoms with Gasteiger partial charge in [0.05, 0.1) is 15.7 Å². The number of hydrogen-bond donors (Lipinski definition) is 0. The van der Waals surface area contributed by atoms with Crippen LogP contribution in [0.4, 0.5) is 13.2 Å². The number of rotatable bonds is 5. The molecule has 0 radical (unpaired) electrons. The Bertz CT molecular complexity index is 1040. The summed E-state index contributed by atoms with van der Waals surface area (Å²) in [5.41, 5.74) is 0.900. The van der Waals surface area contributed by atoms with Crippen LogP contribution in [0.3, 0.4) is 0 Å². The molecule has 1 unspecified atom stereocenters. The lowest BCUT2D eigenvalue weighted by Gasteiger charge is -2.30. The molecule has 0 saturated heterocycles. The van der Waals surface area contributed by atoms with Crippen LogP contribution in [-0.4, -0.2) is 18.7 Å². The minimum atomic E-state index is -4.62. The van der Waals surface area contributed by atoms with E-state index in [9.17, 15) is 17.4 Å². The zero-order valence-corrected chi connectivity index (χ0v) is 18.5. The zero-order chi connectivity index (χ0) is 21.4. The van der Waals surface area contributed by atoms with Crippen molar-refractivity contribution in [2.24, 2.45) is 0 Å². The largest absolute Gasteiger partial charge is 0.417 e. The first-order chi connectivity index (χ1) is 13.5. The van der Waals surface area contributed by atoms with Gasteiger partial charge in [-0.3, -0.25) is 0 Å². The van der Waals surface area contributed by atoms with Gasteiger partial charge in [0, 0.05) is 10.5 Å². The van der Waals surface area contributed by atoms with Gasteiger partial charge in [0.2, 0.25) is 0 Å². The van der Waals surface area contributed by atoms with Crippen molar-refractivity contribution in [2.45, 2.75) is 48.6 Å². The summed E-state index contributed by atoms with van der Waals surface area (Å²) in [6.45, 7) is 7.04. The molecule has 0 spiro atoms. The first kappa shape index (κ1) is 21.7. The van der Waals surface area contributed by atoms with Crippen LogP contribution in [0.5, 0.6) is 0 Å². The second-order valence-corrected chi connectivity index (χ2v) is 13.8. The molecule has 0 aliphatic carbocycles. The molecule has 0 N–H and O–H groups in total. The van der Waals surface area contributed by atoms with Crippen LogP contribution in [0.1, 0.15) is 17.2 Å². The molecule has 0 fully saturated rings. The Balaban J connectivity index is 2.28. The topological polar surface area (TPSA) is 26.3 Å². The van der Waals surface area contributed by atoms with E-state index < -0.39 is 31.4 Å². The average molecular weight is 437 g/mol. The second-order valence-electron chi connectivity index (χ2n) is 7.94. The molecule has 0 aliphatic heterocycles. The molecule has 3 aromatic carbocycles. The Morgan fingerprint density at radius 2 is 1.55 bits per heavy atom. The number of fused-ring (bicyclic) bond motifs is 1. The summed E-state index contributed by atoms with van der Waals surface area (Å²) in [4.78, 5) is 0.620. The van der Waals surface area contributed by atoms with Gasteiger partial charge in [-0.05, 0) is 49.5 Å². The lowest BCUT2D eigenvalue weighted by Crippen LogP contribution is -2.35. The third-order valence-corrected chi connectivity index (χ3v) is 6.85. The fourth-order valence-corrected chi connectivity index (χ4v) is 5.47. The maximum Gasteiger partial charge on any atom is 0.417 e. The zero-order valence-electron chi connectivity index (χ0n) is 16.7. The van der Waals surface area contributed by atoms with Gasteiger partial charge in [-0.25, -0.2) is 4.21 Å². The Morgan fingerprint density at radius 1 is 0.931 bits per heavy atom. The van der Waals surface area contributed by atoms with E-state index in [1.54, 1.807) is 74.2 Å². The summed E-state index contributed by atoms with van der Waals surface area (Å²) >= 11 is 0. The van der Waals surface area contributed by atoms with Gasteiger partial charge < -0.3 is 4.43 Å². The maximum atomic E-state index is 14.0. The molecule has 0 saturated carbocycles. The summed E-state index contributed by atoms with van der Waals surface area (Å²) in [5.74, 6) is 0. The van der Waals surface area contributed by atoms with Crippen molar-refractivity contribution in [3.05, 3.63) is 71.8 Å². The van der Waals surface area contributed by atoms with Crippen LogP contribution in [0, 0.1) is 6.92 Å². The minimum Gasteiger partial charge on any atom is -0.403 e. The monoisotopic (exact) mass is 436 g/mol. The molecular weight excluding hydrogens is 413 g/mol. The maximum absolute atomic E-state index is 14.0. The fourth-order valence-electron chi connectivity index (χ4n) is 3.11. The Labute approximate surface area is 172 Å². The SMILES string of the molecule is Cc1ccc(S(=O)c2c([C@H](O[Si](C)(C)C)C(F)(F)F)ccc3ccccc23)cc1. The summed E-state index contributed by atoms with van der Waals surface area (Å²) in [6, 6.07) is 17.1. The molecule has 2 nitrogen and oxygen atoms in total. The third kappa shape index (κ3) is 4.97. The van der Waals surface area contributed by atoms with E-state index in [1.165, 1.54) is 6.07 Å². The molecule has 0 aromatic heterocycles. The Hall–Kier alpha value is -1.96. The van der Waals surface area contributed by atoms with Gasteiger partial charge in [0.15, 0.2) is 14.4 Å². The summed E-state index contributed by atoms with van der Waals surface area (Å²) in [6.07, 6.45) is -6.74. The van der Waals surface area contributed by atoms with E-state index in [2.05, 4.69) is 0 Å². The van der Waals surface area contributed by atoms with E-state index >= 15 is 0 Å². The normalized spacial score (nSPS) is 14.7. The fraction of sp³-hybridized carbons (Fsp3) is 0.273. The van der Waals surface area contributed by atoms with Gasteiger partial charge >= 0.3 is 6.18 Å². The van der Waals surface area contributed by atoms with Crippen molar-refractivity contribution in [1.82, 2.24) is 0 Å². The van der Waals surface area contributed by atoms with Crippen LogP contribution in [0.25, 0.3) is 10.8 Å². The molecule has 2 atom stereocenters. The van der Waals surface area contributed by atoms with Gasteiger partial charge in [-0.2, -0.15) is 13.2 Å². The van der Waals surface area contributed by atoms with E-state index in [4.69, 9.17) is 4.43 Å². The van der Waals surface area contributed by atoms with Crippen LogP contribution >= 0.6 is 0 Å². The van der Waals surface area contributed by atoms with Gasteiger partial charge in [0.1, 0.15) is 0 Å². The highest BCUT2D eigenvalue weighted by molar-refractivity contribution is 7.85. The van der Waals surface area contributed by atoms with Crippen molar-refractivity contribution >= 4 is 29.9 Å². The van der Waals surface area contributed by atoms with Gasteiger partial charge in [-0.15, -0.1) is 0 Å². The number of alkyl halides is 3. The molecule has 0 heterocycles. The predicted molar refractivity (Wildman–Crippen MR) is 113 cm³/mol. The highest BCUT2D eigenvalue weighted by atomic mass is 32.2.